The molecule has 2 heteroatoms. The van der Waals surface area contributed by atoms with E-state index in [9.17, 15) is 5.11 Å². The number of hydrogen-bond acceptors (Lipinski definition) is 2. The highest BCUT2D eigenvalue weighted by atomic mass is 32.1. The first-order chi connectivity index (χ1) is 10.1. The van der Waals surface area contributed by atoms with Gasteiger partial charge < -0.3 is 5.11 Å². The van der Waals surface area contributed by atoms with Gasteiger partial charge in [-0.2, -0.15) is 11.3 Å². The molecule has 3 aromatic rings. The maximum Gasteiger partial charge on any atom is 0.141 e. The summed E-state index contributed by atoms with van der Waals surface area (Å²) in [4.78, 5) is 0. The molecule has 21 heavy (non-hydrogen) atoms. The van der Waals surface area contributed by atoms with Crippen molar-refractivity contribution < 1.29 is 5.11 Å². The van der Waals surface area contributed by atoms with E-state index in [1.165, 1.54) is 11.1 Å². The number of aliphatic hydroxyl groups is 1. The van der Waals surface area contributed by atoms with E-state index in [1.807, 2.05) is 65.4 Å². The second kappa shape index (κ2) is 5.47. The van der Waals surface area contributed by atoms with Crippen LogP contribution in [0.5, 0.6) is 0 Å². The van der Waals surface area contributed by atoms with Crippen molar-refractivity contribution in [2.75, 3.05) is 0 Å². The average molecular weight is 294 g/mol. The van der Waals surface area contributed by atoms with Crippen LogP contribution < -0.4 is 0 Å². The lowest BCUT2D eigenvalue weighted by atomic mass is 9.81. The molecule has 0 aliphatic heterocycles. The highest BCUT2D eigenvalue weighted by Gasteiger charge is 2.33. The van der Waals surface area contributed by atoms with Crippen LogP contribution in [0.4, 0.5) is 0 Å². The fraction of sp³-hybridized carbons (Fsp3) is 0.158. The Hall–Kier alpha value is -1.90. The van der Waals surface area contributed by atoms with Gasteiger partial charge in [0.05, 0.1) is 0 Å². The third-order valence-electron chi connectivity index (χ3n) is 3.88. The molecule has 106 valence electrons. The molecule has 0 unspecified atom stereocenters. The van der Waals surface area contributed by atoms with Crippen molar-refractivity contribution in [3.05, 3.63) is 93.2 Å². The zero-order chi connectivity index (χ0) is 14.9. The van der Waals surface area contributed by atoms with Crippen molar-refractivity contribution in [1.29, 1.82) is 0 Å². The highest BCUT2D eigenvalue weighted by Crippen LogP contribution is 2.37. The van der Waals surface area contributed by atoms with Crippen molar-refractivity contribution in [2.45, 2.75) is 19.4 Å². The molecule has 0 amide bonds. The van der Waals surface area contributed by atoms with E-state index in [4.69, 9.17) is 0 Å². The number of benzene rings is 2. The lowest BCUT2D eigenvalue weighted by molar-refractivity contribution is 0.126. The summed E-state index contributed by atoms with van der Waals surface area (Å²) >= 11 is 1.60. The normalized spacial score (nSPS) is 11.6. The molecule has 0 aliphatic carbocycles. The molecule has 3 rings (SSSR count). The third kappa shape index (κ3) is 2.53. The van der Waals surface area contributed by atoms with E-state index in [-0.39, 0.29) is 0 Å². The Morgan fingerprint density at radius 3 is 1.57 bits per heavy atom. The average Bonchev–Trinajstić information content (AvgIpc) is 3.02. The van der Waals surface area contributed by atoms with Crippen molar-refractivity contribution in [1.82, 2.24) is 0 Å². The molecule has 0 aliphatic rings. The number of thiophene rings is 1. The predicted octanol–water partition coefficient (Wildman–Crippen LogP) is 4.65. The van der Waals surface area contributed by atoms with Crippen molar-refractivity contribution >= 4 is 11.3 Å². The molecule has 0 atom stereocenters. The van der Waals surface area contributed by atoms with Gasteiger partial charge in [-0.25, -0.2) is 0 Å². The Kier molecular flexibility index (Phi) is 3.66. The Morgan fingerprint density at radius 2 is 1.19 bits per heavy atom. The summed E-state index contributed by atoms with van der Waals surface area (Å²) in [6.07, 6.45) is 0. The fourth-order valence-corrected chi connectivity index (χ4v) is 3.26. The molecule has 0 saturated carbocycles. The first-order valence-electron chi connectivity index (χ1n) is 7.00. The van der Waals surface area contributed by atoms with Gasteiger partial charge in [0.15, 0.2) is 0 Å². The minimum atomic E-state index is -1.10. The van der Waals surface area contributed by atoms with Crippen LogP contribution in [0, 0.1) is 13.8 Å². The zero-order valence-corrected chi connectivity index (χ0v) is 13.0. The molecule has 0 saturated heterocycles. The summed E-state index contributed by atoms with van der Waals surface area (Å²) in [6, 6.07) is 18.2. The number of rotatable bonds is 3. The summed E-state index contributed by atoms with van der Waals surface area (Å²) in [5, 5.41) is 15.5. The van der Waals surface area contributed by atoms with Crippen LogP contribution in [0.2, 0.25) is 0 Å². The largest absolute Gasteiger partial charge is 0.376 e. The SMILES string of the molecule is Cc1ccc(C(O)(c2ccc(C)cc2)c2ccsc2)cc1. The molecular weight excluding hydrogens is 276 g/mol. The Bertz CT molecular complexity index is 664. The molecule has 1 heterocycles. The smallest absolute Gasteiger partial charge is 0.141 e. The van der Waals surface area contributed by atoms with Crippen LogP contribution in [-0.2, 0) is 5.60 Å². The number of aryl methyl sites for hydroxylation is 2. The lowest BCUT2D eigenvalue weighted by Gasteiger charge is -2.29. The predicted molar refractivity (Wildman–Crippen MR) is 88.8 cm³/mol. The second-order valence-electron chi connectivity index (χ2n) is 5.45. The molecule has 1 nitrogen and oxygen atoms in total. The van der Waals surface area contributed by atoms with Crippen molar-refractivity contribution in [2.24, 2.45) is 0 Å². The maximum absolute atomic E-state index is 11.5. The molecule has 1 aromatic heterocycles. The molecule has 0 radical (unpaired) electrons. The first kappa shape index (κ1) is 14.1. The molecule has 0 spiro atoms. The Balaban J connectivity index is 2.20. The highest BCUT2D eigenvalue weighted by molar-refractivity contribution is 7.08. The fourth-order valence-electron chi connectivity index (χ4n) is 2.56. The van der Waals surface area contributed by atoms with E-state index in [0.717, 1.165) is 16.7 Å². The van der Waals surface area contributed by atoms with Crippen LogP contribution in [0.25, 0.3) is 0 Å². The summed E-state index contributed by atoms with van der Waals surface area (Å²) in [6.45, 7) is 4.11. The topological polar surface area (TPSA) is 20.2 Å². The van der Waals surface area contributed by atoms with Gasteiger partial charge in [-0.15, -0.1) is 0 Å². The Labute approximate surface area is 129 Å². The van der Waals surface area contributed by atoms with E-state index in [0.29, 0.717) is 0 Å². The van der Waals surface area contributed by atoms with Gasteiger partial charge in [0.25, 0.3) is 0 Å². The van der Waals surface area contributed by atoms with Crippen LogP contribution in [0.1, 0.15) is 27.8 Å². The number of hydrogen-bond donors (Lipinski definition) is 1. The standard InChI is InChI=1S/C19H18OS/c1-14-3-7-16(8-4-14)19(20,18-11-12-21-13-18)17-9-5-15(2)6-10-17/h3-13,20H,1-2H3. The summed E-state index contributed by atoms with van der Waals surface area (Å²) in [5.74, 6) is 0. The van der Waals surface area contributed by atoms with Gasteiger partial charge in [-0.1, -0.05) is 59.7 Å². The van der Waals surface area contributed by atoms with E-state index >= 15 is 0 Å². The van der Waals surface area contributed by atoms with Crippen molar-refractivity contribution in [3.63, 3.8) is 0 Å². The monoisotopic (exact) mass is 294 g/mol. The molecule has 2 aromatic carbocycles. The van der Waals surface area contributed by atoms with E-state index < -0.39 is 5.60 Å². The Morgan fingerprint density at radius 1 is 0.714 bits per heavy atom. The van der Waals surface area contributed by atoms with Crippen LogP contribution >= 0.6 is 11.3 Å². The van der Waals surface area contributed by atoms with Crippen LogP contribution in [0.3, 0.4) is 0 Å². The van der Waals surface area contributed by atoms with E-state index in [2.05, 4.69) is 13.8 Å². The minimum Gasteiger partial charge on any atom is -0.376 e. The first-order valence-corrected chi connectivity index (χ1v) is 7.94. The van der Waals surface area contributed by atoms with Crippen LogP contribution in [-0.4, -0.2) is 5.11 Å². The molecule has 0 bridgehead atoms. The minimum absolute atomic E-state index is 0.898. The summed E-state index contributed by atoms with van der Waals surface area (Å²) < 4.78 is 0. The van der Waals surface area contributed by atoms with Crippen molar-refractivity contribution in [3.8, 4) is 0 Å². The zero-order valence-electron chi connectivity index (χ0n) is 12.2. The van der Waals surface area contributed by atoms with E-state index in [1.54, 1.807) is 11.3 Å². The molecule has 1 N–H and O–H groups in total. The van der Waals surface area contributed by atoms with Crippen LogP contribution in [0.15, 0.2) is 65.4 Å². The molecule has 0 fully saturated rings. The summed E-state index contributed by atoms with van der Waals surface area (Å²) in [5.41, 5.74) is 4.00. The summed E-state index contributed by atoms with van der Waals surface area (Å²) in [7, 11) is 0. The molecular formula is C19H18OS. The van der Waals surface area contributed by atoms with Gasteiger partial charge in [0, 0.05) is 5.56 Å². The third-order valence-corrected chi connectivity index (χ3v) is 4.56. The van der Waals surface area contributed by atoms with Gasteiger partial charge in [-0.3, -0.25) is 0 Å². The maximum atomic E-state index is 11.5. The van der Waals surface area contributed by atoms with Gasteiger partial charge in [0.2, 0.25) is 0 Å². The van der Waals surface area contributed by atoms with Gasteiger partial charge in [0.1, 0.15) is 5.60 Å². The second-order valence-corrected chi connectivity index (χ2v) is 6.23. The van der Waals surface area contributed by atoms with Gasteiger partial charge >= 0.3 is 0 Å². The van der Waals surface area contributed by atoms with Gasteiger partial charge in [-0.05, 0) is 41.8 Å². The quantitative estimate of drug-likeness (QED) is 0.745. The lowest BCUT2D eigenvalue weighted by Crippen LogP contribution is -2.28.